The van der Waals surface area contributed by atoms with Gasteiger partial charge in [0.1, 0.15) is 5.78 Å². The molecule has 0 aliphatic rings. The predicted octanol–water partition coefficient (Wildman–Crippen LogP) is 2.82. The van der Waals surface area contributed by atoms with Crippen LogP contribution in [0.15, 0.2) is 48.5 Å². The lowest BCUT2D eigenvalue weighted by Crippen LogP contribution is -2.13. The minimum Gasteiger partial charge on any atom is -0.504 e. The first-order valence-electron chi connectivity index (χ1n) is 7.01. The maximum atomic E-state index is 12.1. The van der Waals surface area contributed by atoms with Crippen molar-refractivity contribution in [2.24, 2.45) is 0 Å². The van der Waals surface area contributed by atoms with Gasteiger partial charge in [-0.05, 0) is 18.2 Å². The molecule has 0 heterocycles. The van der Waals surface area contributed by atoms with Crippen molar-refractivity contribution in [3.63, 3.8) is 0 Å². The Labute approximate surface area is 133 Å². The molecule has 23 heavy (non-hydrogen) atoms. The van der Waals surface area contributed by atoms with Crippen molar-refractivity contribution in [3.8, 4) is 11.5 Å². The number of phenolic OH excluding ortho intramolecular Hbond substituents is 1. The first-order valence-corrected chi connectivity index (χ1v) is 7.01. The standard InChI is InChI=1S/C18H16O5/c1-23-18-9-13(7-8-15(18)20)17(22)11-14(19)10-16(21)12-5-3-2-4-6-12/h2-9,20H,10-11H2,1H3. The molecule has 0 aliphatic carbocycles. The van der Waals surface area contributed by atoms with Crippen LogP contribution in [0.5, 0.6) is 11.5 Å². The smallest absolute Gasteiger partial charge is 0.170 e. The molecule has 0 spiro atoms. The molecular formula is C18H16O5. The van der Waals surface area contributed by atoms with E-state index in [1.54, 1.807) is 30.3 Å². The van der Waals surface area contributed by atoms with Gasteiger partial charge in [-0.1, -0.05) is 30.3 Å². The number of aromatic hydroxyl groups is 1. The van der Waals surface area contributed by atoms with Gasteiger partial charge in [0.15, 0.2) is 23.1 Å². The second-order valence-electron chi connectivity index (χ2n) is 4.99. The van der Waals surface area contributed by atoms with Crippen LogP contribution in [0.3, 0.4) is 0 Å². The zero-order valence-corrected chi connectivity index (χ0v) is 12.6. The SMILES string of the molecule is COc1cc(C(=O)CC(=O)CC(=O)c2ccccc2)ccc1O. The van der Waals surface area contributed by atoms with Gasteiger partial charge < -0.3 is 9.84 Å². The summed E-state index contributed by atoms with van der Waals surface area (Å²) in [6.07, 6.45) is -0.683. The summed E-state index contributed by atoms with van der Waals surface area (Å²) in [6.45, 7) is 0. The average Bonchev–Trinajstić information content (AvgIpc) is 2.55. The van der Waals surface area contributed by atoms with Gasteiger partial charge in [-0.25, -0.2) is 0 Å². The van der Waals surface area contributed by atoms with Crippen molar-refractivity contribution in [1.29, 1.82) is 0 Å². The lowest BCUT2D eigenvalue weighted by molar-refractivity contribution is -0.117. The monoisotopic (exact) mass is 312 g/mol. The first-order chi connectivity index (χ1) is 11.0. The van der Waals surface area contributed by atoms with Gasteiger partial charge in [-0.2, -0.15) is 0 Å². The normalized spacial score (nSPS) is 10.1. The average molecular weight is 312 g/mol. The Morgan fingerprint density at radius 1 is 0.913 bits per heavy atom. The summed E-state index contributed by atoms with van der Waals surface area (Å²) in [6, 6.07) is 12.6. The summed E-state index contributed by atoms with van der Waals surface area (Å²) < 4.78 is 4.92. The number of ether oxygens (including phenoxy) is 1. The van der Waals surface area contributed by atoms with Crippen molar-refractivity contribution >= 4 is 17.3 Å². The van der Waals surface area contributed by atoms with Gasteiger partial charge in [-0.3, -0.25) is 14.4 Å². The summed E-state index contributed by atoms with van der Waals surface area (Å²) in [5.74, 6) is -1.12. The molecule has 0 saturated carbocycles. The second kappa shape index (κ2) is 7.35. The van der Waals surface area contributed by atoms with E-state index in [1.807, 2.05) is 0 Å². The molecule has 0 saturated heterocycles. The summed E-state index contributed by atoms with van der Waals surface area (Å²) in [7, 11) is 1.37. The molecule has 5 heteroatoms. The van der Waals surface area contributed by atoms with E-state index in [9.17, 15) is 19.5 Å². The van der Waals surface area contributed by atoms with Crippen molar-refractivity contribution in [1.82, 2.24) is 0 Å². The molecule has 0 atom stereocenters. The number of rotatable bonds is 7. The number of Topliss-reactive ketones (excluding diaryl/α,β-unsaturated/α-hetero) is 3. The molecule has 2 rings (SSSR count). The van der Waals surface area contributed by atoms with E-state index >= 15 is 0 Å². The fraction of sp³-hybridized carbons (Fsp3) is 0.167. The van der Waals surface area contributed by atoms with Crippen LogP contribution in [-0.4, -0.2) is 29.6 Å². The summed E-state index contributed by atoms with van der Waals surface area (Å²) in [5, 5.41) is 9.50. The predicted molar refractivity (Wildman–Crippen MR) is 84.0 cm³/mol. The molecule has 0 fully saturated rings. The van der Waals surface area contributed by atoms with Crippen LogP contribution in [0.25, 0.3) is 0 Å². The molecular weight excluding hydrogens is 296 g/mol. The number of methoxy groups -OCH3 is 1. The minimum atomic E-state index is -0.448. The molecule has 0 aliphatic heterocycles. The molecule has 0 unspecified atom stereocenters. The quantitative estimate of drug-likeness (QED) is 0.628. The van der Waals surface area contributed by atoms with Gasteiger partial charge in [0.25, 0.3) is 0 Å². The summed E-state index contributed by atoms with van der Waals surface area (Å²) in [4.78, 5) is 35.9. The number of hydrogen-bond acceptors (Lipinski definition) is 5. The first kappa shape index (κ1) is 16.4. The van der Waals surface area contributed by atoms with Crippen molar-refractivity contribution in [2.45, 2.75) is 12.8 Å². The number of benzene rings is 2. The van der Waals surface area contributed by atoms with Crippen LogP contribution in [0, 0.1) is 0 Å². The Morgan fingerprint density at radius 2 is 1.52 bits per heavy atom. The third kappa shape index (κ3) is 4.26. The fourth-order valence-corrected chi connectivity index (χ4v) is 2.10. The lowest BCUT2D eigenvalue weighted by Gasteiger charge is -2.06. The van der Waals surface area contributed by atoms with Gasteiger partial charge >= 0.3 is 0 Å². The van der Waals surface area contributed by atoms with Crippen LogP contribution in [0.1, 0.15) is 33.6 Å². The highest BCUT2D eigenvalue weighted by molar-refractivity contribution is 6.15. The molecule has 1 N–H and O–H groups in total. The topological polar surface area (TPSA) is 80.7 Å². The number of hydrogen-bond donors (Lipinski definition) is 1. The van der Waals surface area contributed by atoms with Crippen molar-refractivity contribution in [2.75, 3.05) is 7.11 Å². The Bertz CT molecular complexity index is 734. The number of ketones is 3. The third-order valence-corrected chi connectivity index (χ3v) is 3.31. The molecule has 118 valence electrons. The second-order valence-corrected chi connectivity index (χ2v) is 4.99. The highest BCUT2D eigenvalue weighted by Gasteiger charge is 2.17. The number of phenols is 1. The Balaban J connectivity index is 2.00. The highest BCUT2D eigenvalue weighted by atomic mass is 16.5. The van der Waals surface area contributed by atoms with Crippen LogP contribution in [-0.2, 0) is 4.79 Å². The van der Waals surface area contributed by atoms with Gasteiger partial charge in [0.2, 0.25) is 0 Å². The minimum absolute atomic E-state index is 0.0883. The maximum Gasteiger partial charge on any atom is 0.170 e. The van der Waals surface area contributed by atoms with E-state index in [-0.39, 0.29) is 35.7 Å². The van der Waals surface area contributed by atoms with E-state index in [1.165, 1.54) is 25.3 Å². The van der Waals surface area contributed by atoms with Crippen molar-refractivity contribution in [3.05, 3.63) is 59.7 Å². The third-order valence-electron chi connectivity index (χ3n) is 3.31. The largest absolute Gasteiger partial charge is 0.504 e. The van der Waals surface area contributed by atoms with E-state index in [0.717, 1.165) is 0 Å². The van der Waals surface area contributed by atoms with Gasteiger partial charge in [-0.15, -0.1) is 0 Å². The van der Waals surface area contributed by atoms with Gasteiger partial charge in [0.05, 0.1) is 20.0 Å². The zero-order chi connectivity index (χ0) is 16.8. The highest BCUT2D eigenvalue weighted by Crippen LogP contribution is 2.26. The Morgan fingerprint density at radius 3 is 2.13 bits per heavy atom. The molecule has 5 nitrogen and oxygen atoms in total. The summed E-state index contributed by atoms with van der Waals surface area (Å²) in [5.41, 5.74) is 0.694. The maximum absolute atomic E-state index is 12.1. The molecule has 2 aromatic carbocycles. The van der Waals surface area contributed by atoms with E-state index in [4.69, 9.17) is 4.74 Å². The summed E-state index contributed by atoms with van der Waals surface area (Å²) >= 11 is 0. The van der Waals surface area contributed by atoms with Crippen LogP contribution in [0.2, 0.25) is 0 Å². The van der Waals surface area contributed by atoms with Gasteiger partial charge in [0, 0.05) is 11.1 Å². The molecule has 0 radical (unpaired) electrons. The number of carbonyl (C=O) groups is 3. The Hall–Kier alpha value is -2.95. The zero-order valence-electron chi connectivity index (χ0n) is 12.6. The molecule has 0 amide bonds. The Kier molecular flexibility index (Phi) is 5.25. The van der Waals surface area contributed by atoms with Crippen LogP contribution >= 0.6 is 0 Å². The van der Waals surface area contributed by atoms with Crippen LogP contribution in [0.4, 0.5) is 0 Å². The number of carbonyl (C=O) groups excluding carboxylic acids is 3. The molecule has 2 aromatic rings. The fourth-order valence-electron chi connectivity index (χ4n) is 2.10. The lowest BCUT2D eigenvalue weighted by atomic mass is 10.0. The van der Waals surface area contributed by atoms with E-state index < -0.39 is 11.6 Å². The molecule has 0 aromatic heterocycles. The molecule has 0 bridgehead atoms. The van der Waals surface area contributed by atoms with E-state index in [0.29, 0.717) is 5.56 Å². The van der Waals surface area contributed by atoms with Crippen LogP contribution < -0.4 is 4.74 Å². The van der Waals surface area contributed by atoms with Crippen molar-refractivity contribution < 1.29 is 24.2 Å². The van der Waals surface area contributed by atoms with E-state index in [2.05, 4.69) is 0 Å².